The summed E-state index contributed by atoms with van der Waals surface area (Å²) in [4.78, 5) is 1.25. The standard InChI is InChI=1S/C24H28N2O2S/c1-29-23-12-10-22(11-13-23)26-21-7-3-4-18(8-9-21)14-15-25-24(28)20-6-2-5-19(16-20)17-27/h2,4-13,16,24-28H,3,14-15,17H2,1H3. The molecular formula is C24H28N2O2S. The molecule has 0 saturated heterocycles. The predicted octanol–water partition coefficient (Wildman–Crippen LogP) is 4.75. The topological polar surface area (TPSA) is 64.5 Å². The molecule has 4 nitrogen and oxygen atoms in total. The Kier molecular flexibility index (Phi) is 8.14. The van der Waals surface area contributed by atoms with Crippen LogP contribution in [-0.4, -0.2) is 23.0 Å². The van der Waals surface area contributed by atoms with Crippen molar-refractivity contribution < 1.29 is 10.2 Å². The molecule has 0 aliphatic heterocycles. The largest absolute Gasteiger partial charge is 0.392 e. The lowest BCUT2D eigenvalue weighted by molar-refractivity contribution is 0.140. The van der Waals surface area contributed by atoms with E-state index in [-0.39, 0.29) is 6.61 Å². The van der Waals surface area contributed by atoms with Crippen LogP contribution in [0.3, 0.4) is 0 Å². The molecule has 0 bridgehead atoms. The number of nitrogens with one attached hydrogen (secondary N) is 2. The van der Waals surface area contributed by atoms with Crippen molar-refractivity contribution in [2.45, 2.75) is 30.6 Å². The maximum absolute atomic E-state index is 10.3. The van der Waals surface area contributed by atoms with Gasteiger partial charge in [0.1, 0.15) is 6.23 Å². The van der Waals surface area contributed by atoms with Crippen molar-refractivity contribution >= 4 is 17.4 Å². The van der Waals surface area contributed by atoms with Gasteiger partial charge in [0, 0.05) is 22.8 Å². The summed E-state index contributed by atoms with van der Waals surface area (Å²) in [5, 5.41) is 26.1. The highest BCUT2D eigenvalue weighted by molar-refractivity contribution is 7.98. The highest BCUT2D eigenvalue weighted by Crippen LogP contribution is 2.20. The lowest BCUT2D eigenvalue weighted by atomic mass is 10.1. The van der Waals surface area contributed by atoms with Crippen molar-refractivity contribution in [2.24, 2.45) is 0 Å². The van der Waals surface area contributed by atoms with Gasteiger partial charge in [0.25, 0.3) is 0 Å². The summed E-state index contributed by atoms with van der Waals surface area (Å²) in [5.74, 6) is 0. The Morgan fingerprint density at radius 1 is 1.07 bits per heavy atom. The van der Waals surface area contributed by atoms with Gasteiger partial charge in [0.15, 0.2) is 0 Å². The smallest absolute Gasteiger partial charge is 0.131 e. The molecule has 3 rings (SSSR count). The molecule has 1 aliphatic rings. The maximum atomic E-state index is 10.3. The van der Waals surface area contributed by atoms with Gasteiger partial charge in [-0.05, 0) is 66.6 Å². The Morgan fingerprint density at radius 2 is 1.90 bits per heavy atom. The third kappa shape index (κ3) is 6.61. The quantitative estimate of drug-likeness (QED) is 0.356. The Bertz CT molecular complexity index is 888. The summed E-state index contributed by atoms with van der Waals surface area (Å²) in [6, 6.07) is 15.8. The first-order valence-corrected chi connectivity index (χ1v) is 11.0. The number of allylic oxidation sites excluding steroid dienone is 4. The monoisotopic (exact) mass is 408 g/mol. The molecule has 0 spiro atoms. The van der Waals surface area contributed by atoms with Crippen LogP contribution in [0.4, 0.5) is 5.69 Å². The van der Waals surface area contributed by atoms with Gasteiger partial charge in [-0.15, -0.1) is 11.8 Å². The van der Waals surface area contributed by atoms with Crippen molar-refractivity contribution in [1.29, 1.82) is 0 Å². The van der Waals surface area contributed by atoms with Crippen molar-refractivity contribution in [1.82, 2.24) is 5.32 Å². The van der Waals surface area contributed by atoms with Crippen molar-refractivity contribution in [2.75, 3.05) is 18.1 Å². The molecule has 1 aliphatic carbocycles. The molecule has 2 aromatic carbocycles. The van der Waals surface area contributed by atoms with Gasteiger partial charge in [0.2, 0.25) is 0 Å². The van der Waals surface area contributed by atoms with Crippen molar-refractivity contribution in [3.63, 3.8) is 0 Å². The molecule has 4 N–H and O–H groups in total. The third-order valence-electron chi connectivity index (χ3n) is 4.77. The van der Waals surface area contributed by atoms with Gasteiger partial charge in [-0.3, -0.25) is 5.32 Å². The van der Waals surface area contributed by atoms with Crippen LogP contribution < -0.4 is 10.6 Å². The van der Waals surface area contributed by atoms with Gasteiger partial charge in [-0.1, -0.05) is 42.0 Å². The first-order chi connectivity index (χ1) is 14.2. The molecule has 29 heavy (non-hydrogen) atoms. The second-order valence-electron chi connectivity index (χ2n) is 6.87. The third-order valence-corrected chi connectivity index (χ3v) is 5.52. The number of aliphatic hydroxyl groups excluding tert-OH is 2. The zero-order chi connectivity index (χ0) is 20.5. The fourth-order valence-electron chi connectivity index (χ4n) is 3.12. The van der Waals surface area contributed by atoms with Crippen LogP contribution in [0.1, 0.15) is 30.2 Å². The van der Waals surface area contributed by atoms with E-state index in [0.717, 1.165) is 35.4 Å². The number of hydrogen-bond donors (Lipinski definition) is 4. The lowest BCUT2D eigenvalue weighted by Gasteiger charge is -2.14. The zero-order valence-corrected chi connectivity index (χ0v) is 17.5. The Morgan fingerprint density at radius 3 is 2.66 bits per heavy atom. The summed E-state index contributed by atoms with van der Waals surface area (Å²) >= 11 is 1.74. The van der Waals surface area contributed by atoms with Crippen molar-refractivity contribution in [3.8, 4) is 0 Å². The average molecular weight is 409 g/mol. The molecule has 0 aromatic heterocycles. The summed E-state index contributed by atoms with van der Waals surface area (Å²) in [7, 11) is 0. The summed E-state index contributed by atoms with van der Waals surface area (Å²) in [6.45, 7) is 0.642. The highest BCUT2D eigenvalue weighted by atomic mass is 32.2. The maximum Gasteiger partial charge on any atom is 0.131 e. The number of thioether (sulfide) groups is 1. The molecule has 5 heteroatoms. The van der Waals surface area contributed by atoms with Gasteiger partial charge in [-0.25, -0.2) is 0 Å². The molecule has 0 radical (unpaired) electrons. The van der Waals surface area contributed by atoms with E-state index in [9.17, 15) is 10.2 Å². The van der Waals surface area contributed by atoms with Crippen molar-refractivity contribution in [3.05, 3.63) is 95.2 Å². The minimum Gasteiger partial charge on any atom is -0.392 e. The van der Waals surface area contributed by atoms with E-state index < -0.39 is 6.23 Å². The van der Waals surface area contributed by atoms with E-state index in [0.29, 0.717) is 6.54 Å². The molecule has 0 amide bonds. The first-order valence-electron chi connectivity index (χ1n) is 9.77. The van der Waals surface area contributed by atoms with Gasteiger partial charge >= 0.3 is 0 Å². The number of aliphatic hydroxyl groups is 2. The number of hydrogen-bond acceptors (Lipinski definition) is 5. The number of rotatable bonds is 9. The van der Waals surface area contributed by atoms with E-state index in [4.69, 9.17) is 0 Å². The van der Waals surface area contributed by atoms with E-state index in [2.05, 4.69) is 65.5 Å². The van der Waals surface area contributed by atoms with Crippen LogP contribution in [0.2, 0.25) is 0 Å². The van der Waals surface area contributed by atoms with Gasteiger partial charge < -0.3 is 15.5 Å². The van der Waals surface area contributed by atoms with Crippen LogP contribution in [0, 0.1) is 0 Å². The van der Waals surface area contributed by atoms with Crippen LogP contribution in [0.15, 0.2) is 89.0 Å². The molecular weight excluding hydrogens is 380 g/mol. The normalized spacial score (nSPS) is 14.7. The average Bonchev–Trinajstić information content (AvgIpc) is 2.99. The molecule has 0 heterocycles. The summed E-state index contributed by atoms with van der Waals surface area (Å²) in [5.41, 5.74) is 4.97. The number of benzene rings is 2. The minimum atomic E-state index is -0.739. The first kappa shape index (κ1) is 21.4. The van der Waals surface area contributed by atoms with Crippen LogP contribution in [0.25, 0.3) is 0 Å². The second kappa shape index (κ2) is 11.0. The Labute approximate surface area is 177 Å². The fraction of sp³-hybridized carbons (Fsp3) is 0.250. The lowest BCUT2D eigenvalue weighted by Crippen LogP contribution is -2.22. The fourth-order valence-corrected chi connectivity index (χ4v) is 3.53. The molecule has 2 aromatic rings. The second-order valence-corrected chi connectivity index (χ2v) is 7.75. The minimum absolute atomic E-state index is 0.0245. The van der Waals surface area contributed by atoms with E-state index >= 15 is 0 Å². The predicted molar refractivity (Wildman–Crippen MR) is 122 cm³/mol. The summed E-state index contributed by atoms with van der Waals surface area (Å²) < 4.78 is 0. The van der Waals surface area contributed by atoms with Crippen LogP contribution in [-0.2, 0) is 6.61 Å². The Balaban J connectivity index is 1.47. The SMILES string of the molecule is CSc1ccc(NC2=CCC=C(CCNC(O)c3cccc(CO)c3)C=C2)cc1. The van der Waals surface area contributed by atoms with E-state index in [1.165, 1.54) is 10.5 Å². The van der Waals surface area contributed by atoms with E-state index in [1.807, 2.05) is 24.3 Å². The van der Waals surface area contributed by atoms with E-state index in [1.54, 1.807) is 11.8 Å². The molecule has 0 fully saturated rings. The van der Waals surface area contributed by atoms with Crippen LogP contribution >= 0.6 is 11.8 Å². The molecule has 152 valence electrons. The highest BCUT2D eigenvalue weighted by Gasteiger charge is 2.07. The van der Waals surface area contributed by atoms with Crippen LogP contribution in [0.5, 0.6) is 0 Å². The molecule has 1 atom stereocenters. The molecule has 1 unspecified atom stereocenters. The molecule has 0 saturated carbocycles. The number of anilines is 1. The summed E-state index contributed by atoms with van der Waals surface area (Å²) in [6.07, 6.45) is 11.6. The van der Waals surface area contributed by atoms with Gasteiger partial charge in [0.05, 0.1) is 6.61 Å². The zero-order valence-electron chi connectivity index (χ0n) is 16.6. The Hall–Kier alpha value is -2.31. The van der Waals surface area contributed by atoms with Gasteiger partial charge in [-0.2, -0.15) is 0 Å².